The minimum absolute atomic E-state index is 0.0518. The first-order chi connectivity index (χ1) is 14.5. The molecular weight excluding hydrogens is 511 g/mol. The van der Waals surface area contributed by atoms with Crippen molar-refractivity contribution in [1.82, 2.24) is 8.61 Å². The van der Waals surface area contributed by atoms with Crippen molar-refractivity contribution in [3.8, 4) is 11.5 Å². The van der Waals surface area contributed by atoms with E-state index in [-0.39, 0.29) is 56.8 Å². The third-order valence-electron chi connectivity index (χ3n) is 4.78. The molecular formula is C18H19Cl3N2O6S2. The van der Waals surface area contributed by atoms with E-state index in [1.165, 1.54) is 42.8 Å². The van der Waals surface area contributed by atoms with Gasteiger partial charge in [0.25, 0.3) is 0 Å². The number of halogens is 3. The molecule has 0 atom stereocenters. The fraction of sp³-hybridized carbons (Fsp3) is 0.333. The maximum absolute atomic E-state index is 13.2. The molecule has 0 radical (unpaired) electrons. The van der Waals surface area contributed by atoms with Crippen molar-refractivity contribution in [2.45, 2.75) is 9.79 Å². The normalized spacial score (nSPS) is 16.3. The van der Waals surface area contributed by atoms with Crippen LogP contribution >= 0.6 is 34.8 Å². The molecule has 1 saturated heterocycles. The van der Waals surface area contributed by atoms with Crippen molar-refractivity contribution < 1.29 is 26.3 Å². The van der Waals surface area contributed by atoms with Gasteiger partial charge in [0.1, 0.15) is 21.3 Å². The first-order valence-corrected chi connectivity index (χ1v) is 12.9. The summed E-state index contributed by atoms with van der Waals surface area (Å²) >= 11 is 17.9. The molecule has 170 valence electrons. The highest BCUT2D eigenvalue weighted by Gasteiger charge is 2.36. The van der Waals surface area contributed by atoms with Gasteiger partial charge in [-0.1, -0.05) is 34.8 Å². The van der Waals surface area contributed by atoms with Gasteiger partial charge >= 0.3 is 0 Å². The molecule has 0 N–H and O–H groups in total. The van der Waals surface area contributed by atoms with E-state index >= 15 is 0 Å². The van der Waals surface area contributed by atoms with Gasteiger partial charge in [0, 0.05) is 32.2 Å². The summed E-state index contributed by atoms with van der Waals surface area (Å²) in [5, 5.41) is 0.121. The molecule has 2 aromatic carbocycles. The maximum atomic E-state index is 13.2. The summed E-state index contributed by atoms with van der Waals surface area (Å²) in [6, 6.07) is 6.90. The molecule has 1 aliphatic heterocycles. The molecule has 0 aromatic heterocycles. The lowest BCUT2D eigenvalue weighted by Gasteiger charge is -2.33. The van der Waals surface area contributed by atoms with Crippen LogP contribution in [0.25, 0.3) is 0 Å². The number of benzene rings is 2. The van der Waals surface area contributed by atoms with Crippen molar-refractivity contribution in [2.75, 3.05) is 40.4 Å². The Morgan fingerprint density at radius 2 is 1.23 bits per heavy atom. The third-order valence-corrected chi connectivity index (χ3v) is 9.78. The van der Waals surface area contributed by atoms with Crippen LogP contribution in [-0.2, 0) is 20.0 Å². The zero-order chi connectivity index (χ0) is 23.0. The summed E-state index contributed by atoms with van der Waals surface area (Å²) in [7, 11) is -5.15. The highest BCUT2D eigenvalue weighted by atomic mass is 35.5. The molecule has 8 nitrogen and oxygen atoms in total. The summed E-state index contributed by atoms with van der Waals surface area (Å²) in [6.45, 7) is -0.240. The van der Waals surface area contributed by atoms with Gasteiger partial charge in [-0.05, 0) is 24.3 Å². The van der Waals surface area contributed by atoms with Gasteiger partial charge in [-0.15, -0.1) is 0 Å². The fourth-order valence-electron chi connectivity index (χ4n) is 3.12. The molecule has 0 bridgehead atoms. The third kappa shape index (κ3) is 4.75. The van der Waals surface area contributed by atoms with E-state index < -0.39 is 20.0 Å². The zero-order valence-electron chi connectivity index (χ0n) is 16.5. The number of sulfonamides is 2. The molecule has 0 spiro atoms. The fourth-order valence-corrected chi connectivity index (χ4v) is 7.11. The predicted molar refractivity (Wildman–Crippen MR) is 119 cm³/mol. The summed E-state index contributed by atoms with van der Waals surface area (Å²) in [4.78, 5) is -0.243. The van der Waals surface area contributed by atoms with Gasteiger partial charge in [0.2, 0.25) is 20.0 Å². The van der Waals surface area contributed by atoms with Crippen LogP contribution in [0.4, 0.5) is 0 Å². The molecule has 31 heavy (non-hydrogen) atoms. The minimum Gasteiger partial charge on any atom is -0.497 e. The Morgan fingerprint density at radius 3 is 1.74 bits per heavy atom. The smallest absolute Gasteiger partial charge is 0.246 e. The number of methoxy groups -OCH3 is 2. The SMILES string of the molecule is COc1ccc(OC)c(S(=O)(=O)N2CCN(S(=O)(=O)c3cc(Cl)c(Cl)cc3Cl)CC2)c1. The van der Waals surface area contributed by atoms with Crippen molar-refractivity contribution in [2.24, 2.45) is 0 Å². The van der Waals surface area contributed by atoms with Crippen molar-refractivity contribution in [3.63, 3.8) is 0 Å². The van der Waals surface area contributed by atoms with Gasteiger partial charge in [0.15, 0.2) is 0 Å². The van der Waals surface area contributed by atoms with Gasteiger partial charge in [-0.3, -0.25) is 0 Å². The Hall–Kier alpha value is -1.27. The van der Waals surface area contributed by atoms with E-state index in [9.17, 15) is 16.8 Å². The monoisotopic (exact) mass is 528 g/mol. The summed E-state index contributed by atoms with van der Waals surface area (Å²) < 4.78 is 65.0. The molecule has 0 unspecified atom stereocenters. The van der Waals surface area contributed by atoms with E-state index in [1.807, 2.05) is 0 Å². The lowest BCUT2D eigenvalue weighted by Crippen LogP contribution is -2.50. The number of hydrogen-bond acceptors (Lipinski definition) is 6. The molecule has 0 amide bonds. The first-order valence-electron chi connectivity index (χ1n) is 8.89. The first kappa shape index (κ1) is 24.4. The van der Waals surface area contributed by atoms with Crippen LogP contribution in [0.5, 0.6) is 11.5 Å². The Bertz CT molecular complexity index is 1200. The van der Waals surface area contributed by atoms with Crippen LogP contribution in [-0.4, -0.2) is 65.8 Å². The summed E-state index contributed by atoms with van der Waals surface area (Å²) in [6.07, 6.45) is 0. The van der Waals surface area contributed by atoms with Crippen LogP contribution in [0.2, 0.25) is 15.1 Å². The minimum atomic E-state index is -4.00. The number of ether oxygens (including phenoxy) is 2. The second-order valence-electron chi connectivity index (χ2n) is 6.52. The Morgan fingerprint density at radius 1 is 0.710 bits per heavy atom. The van der Waals surface area contributed by atoms with Crippen molar-refractivity contribution in [3.05, 3.63) is 45.4 Å². The summed E-state index contributed by atoms with van der Waals surface area (Å²) in [5.74, 6) is 0.522. The molecule has 1 fully saturated rings. The average Bonchev–Trinajstić information content (AvgIpc) is 2.75. The van der Waals surface area contributed by atoms with Crippen LogP contribution < -0.4 is 9.47 Å². The molecule has 3 rings (SSSR count). The van der Waals surface area contributed by atoms with Crippen molar-refractivity contribution in [1.29, 1.82) is 0 Å². The molecule has 1 heterocycles. The number of piperazine rings is 1. The largest absolute Gasteiger partial charge is 0.497 e. The average molecular weight is 530 g/mol. The van der Waals surface area contributed by atoms with Crippen LogP contribution in [0.15, 0.2) is 40.1 Å². The maximum Gasteiger partial charge on any atom is 0.246 e. The van der Waals surface area contributed by atoms with E-state index in [2.05, 4.69) is 0 Å². The Balaban J connectivity index is 1.85. The van der Waals surface area contributed by atoms with Gasteiger partial charge < -0.3 is 9.47 Å². The lowest BCUT2D eigenvalue weighted by molar-refractivity contribution is 0.272. The number of nitrogens with zero attached hydrogens (tertiary/aromatic N) is 2. The van der Waals surface area contributed by atoms with E-state index in [1.54, 1.807) is 6.07 Å². The quantitative estimate of drug-likeness (QED) is 0.533. The van der Waals surface area contributed by atoms with E-state index in [4.69, 9.17) is 44.3 Å². The van der Waals surface area contributed by atoms with Gasteiger partial charge in [-0.25, -0.2) is 16.8 Å². The second kappa shape index (κ2) is 9.30. The lowest BCUT2D eigenvalue weighted by atomic mass is 10.3. The van der Waals surface area contributed by atoms with Crippen LogP contribution in [0, 0.1) is 0 Å². The van der Waals surface area contributed by atoms with Crippen LogP contribution in [0.1, 0.15) is 0 Å². The van der Waals surface area contributed by atoms with Gasteiger partial charge in [0.05, 0.1) is 29.3 Å². The second-order valence-corrected chi connectivity index (χ2v) is 11.6. The van der Waals surface area contributed by atoms with Gasteiger partial charge in [-0.2, -0.15) is 8.61 Å². The Labute approximate surface area is 196 Å². The molecule has 1 aliphatic rings. The topological polar surface area (TPSA) is 93.2 Å². The van der Waals surface area contributed by atoms with E-state index in [0.717, 1.165) is 4.31 Å². The highest BCUT2D eigenvalue weighted by molar-refractivity contribution is 7.89. The molecule has 0 aliphatic carbocycles. The van der Waals surface area contributed by atoms with E-state index in [0.29, 0.717) is 5.75 Å². The standard InChI is InChI=1S/C18H19Cl3N2O6S2/c1-28-12-3-4-16(29-2)18(9-12)31(26,27)23-7-5-22(6-8-23)30(24,25)17-11-14(20)13(19)10-15(17)21/h3-4,9-11H,5-8H2,1-2H3. The number of rotatable bonds is 6. The molecule has 13 heteroatoms. The molecule has 0 saturated carbocycles. The van der Waals surface area contributed by atoms with Crippen molar-refractivity contribution >= 4 is 54.8 Å². The molecule has 2 aromatic rings. The van der Waals surface area contributed by atoms with Crippen LogP contribution in [0.3, 0.4) is 0 Å². The predicted octanol–water partition coefficient (Wildman–Crippen LogP) is 3.36. The number of hydrogen-bond donors (Lipinski definition) is 0. The highest BCUT2D eigenvalue weighted by Crippen LogP contribution is 2.34. The summed E-state index contributed by atoms with van der Waals surface area (Å²) in [5.41, 5.74) is 0. The zero-order valence-corrected chi connectivity index (χ0v) is 20.4. The Kier molecular flexibility index (Phi) is 7.31.